The van der Waals surface area contributed by atoms with Crippen molar-refractivity contribution in [3.8, 4) is 11.3 Å². The molecule has 5 N–H and O–H groups in total. The number of piperidine rings is 1. The third kappa shape index (κ3) is 7.89. The smallest absolute Gasteiger partial charge is 0.254 e. The van der Waals surface area contributed by atoms with Gasteiger partial charge in [0, 0.05) is 85.1 Å². The van der Waals surface area contributed by atoms with Crippen LogP contribution < -0.4 is 26.6 Å². The van der Waals surface area contributed by atoms with E-state index in [4.69, 9.17) is 10.8 Å². The van der Waals surface area contributed by atoms with Crippen LogP contribution in [0.15, 0.2) is 67.2 Å². The maximum absolute atomic E-state index is 16.2. The van der Waals surface area contributed by atoms with Gasteiger partial charge < -0.3 is 21.3 Å². The number of aromatic nitrogens is 3. The van der Waals surface area contributed by atoms with Gasteiger partial charge in [0.1, 0.15) is 40.3 Å². The van der Waals surface area contributed by atoms with Crippen LogP contribution in [0.1, 0.15) is 62.6 Å². The predicted molar refractivity (Wildman–Crippen MR) is 220 cm³/mol. The van der Waals surface area contributed by atoms with E-state index in [1.165, 1.54) is 12.1 Å². The summed E-state index contributed by atoms with van der Waals surface area (Å²) in [6, 6.07) is 17.6. The van der Waals surface area contributed by atoms with E-state index in [0.717, 1.165) is 48.8 Å². The molecule has 15 heteroatoms. The highest BCUT2D eigenvalue weighted by atomic mass is 19.1. The van der Waals surface area contributed by atoms with Crippen LogP contribution in [0.2, 0.25) is 0 Å². The third-order valence-electron chi connectivity index (χ3n) is 11.4. The number of nitrogens with two attached hydrogens (primary N) is 1. The van der Waals surface area contributed by atoms with E-state index >= 15 is 13.2 Å². The van der Waals surface area contributed by atoms with Gasteiger partial charge in [-0.25, -0.2) is 22.8 Å². The number of primary amides is 1. The first-order chi connectivity index (χ1) is 28.3. The van der Waals surface area contributed by atoms with Crippen LogP contribution in [0.3, 0.4) is 0 Å². The predicted octanol–water partition coefficient (Wildman–Crippen LogP) is 6.35. The number of anilines is 4. The van der Waals surface area contributed by atoms with Gasteiger partial charge in [-0.1, -0.05) is 18.7 Å². The molecule has 2 aromatic heterocycles. The van der Waals surface area contributed by atoms with Crippen molar-refractivity contribution in [2.45, 2.75) is 52.0 Å². The van der Waals surface area contributed by atoms with Gasteiger partial charge in [0.15, 0.2) is 0 Å². The lowest BCUT2D eigenvalue weighted by Crippen LogP contribution is -2.47. The van der Waals surface area contributed by atoms with E-state index in [0.29, 0.717) is 60.0 Å². The van der Waals surface area contributed by atoms with Crippen LogP contribution in [0.25, 0.3) is 17.0 Å². The number of carbonyl (C=O) groups is 3. The second-order valence-electron chi connectivity index (χ2n) is 15.3. The van der Waals surface area contributed by atoms with Crippen molar-refractivity contribution in [1.82, 2.24) is 25.0 Å². The molecule has 3 aliphatic rings. The average Bonchev–Trinajstić information content (AvgIpc) is 3.46. The number of nitrogens with zero attached hydrogens (tertiary/aromatic N) is 5. The fourth-order valence-corrected chi connectivity index (χ4v) is 8.26. The number of hydrogen-bond donors (Lipinski definition) is 4. The highest BCUT2D eigenvalue weighted by molar-refractivity contribution is 6.05. The maximum atomic E-state index is 16.2. The van der Waals surface area contributed by atoms with Gasteiger partial charge in [-0.3, -0.25) is 24.6 Å². The van der Waals surface area contributed by atoms with Gasteiger partial charge >= 0.3 is 0 Å². The minimum Gasteiger partial charge on any atom is -0.369 e. The summed E-state index contributed by atoms with van der Waals surface area (Å²) in [5.41, 5.74) is 11.6. The van der Waals surface area contributed by atoms with Crippen molar-refractivity contribution in [2.24, 2.45) is 5.73 Å². The average molecular weight is 804 g/mol. The lowest BCUT2D eigenvalue weighted by molar-refractivity contribution is -0.134. The van der Waals surface area contributed by atoms with E-state index in [9.17, 15) is 14.4 Å². The molecule has 59 heavy (non-hydrogen) atoms. The van der Waals surface area contributed by atoms with Crippen molar-refractivity contribution in [2.75, 3.05) is 48.3 Å². The molecule has 2 saturated heterocycles. The Bertz CT molecular complexity index is 2510. The second-order valence-corrected chi connectivity index (χ2v) is 15.3. The summed E-state index contributed by atoms with van der Waals surface area (Å²) >= 11 is 0. The number of aryl methyl sites for hydroxylation is 3. The van der Waals surface area contributed by atoms with Gasteiger partial charge in [0.2, 0.25) is 11.8 Å². The van der Waals surface area contributed by atoms with Crippen molar-refractivity contribution in [3.63, 3.8) is 0 Å². The molecule has 3 aliphatic heterocycles. The lowest BCUT2D eigenvalue weighted by atomic mass is 9.89. The minimum absolute atomic E-state index is 0.0422. The molecular formula is C44H44F3N9O3. The van der Waals surface area contributed by atoms with Crippen LogP contribution in [-0.2, 0) is 29.0 Å². The topological polar surface area (TPSA) is 151 Å². The first-order valence-electron chi connectivity index (χ1n) is 19.6. The molecule has 3 amide bonds. The zero-order chi connectivity index (χ0) is 41.5. The number of carbonyl (C=O) groups excluding carboxylic acids is 3. The van der Waals surface area contributed by atoms with E-state index in [1.54, 1.807) is 29.8 Å². The highest BCUT2D eigenvalue weighted by Crippen LogP contribution is 2.38. The first-order valence-corrected chi connectivity index (χ1v) is 19.6. The maximum Gasteiger partial charge on any atom is 0.254 e. The van der Waals surface area contributed by atoms with Gasteiger partial charge in [-0.15, -0.1) is 0 Å². The Hall–Kier alpha value is -6.48. The number of rotatable bonds is 10. The second kappa shape index (κ2) is 16.0. The highest BCUT2D eigenvalue weighted by Gasteiger charge is 2.33. The number of fused-ring (bicyclic) bond motifs is 2. The Morgan fingerprint density at radius 3 is 2.42 bits per heavy atom. The van der Waals surface area contributed by atoms with Crippen LogP contribution in [0, 0.1) is 31.3 Å². The zero-order valence-electron chi connectivity index (χ0n) is 32.8. The van der Waals surface area contributed by atoms with E-state index in [1.807, 2.05) is 31.2 Å². The molecule has 5 heterocycles. The van der Waals surface area contributed by atoms with E-state index in [2.05, 4.69) is 43.4 Å². The summed E-state index contributed by atoms with van der Waals surface area (Å²) < 4.78 is 48.0. The third-order valence-corrected chi connectivity index (χ3v) is 11.4. The van der Waals surface area contributed by atoms with Crippen LogP contribution in [0.5, 0.6) is 0 Å². The summed E-state index contributed by atoms with van der Waals surface area (Å²) in [5.74, 6) is -3.95. The zero-order valence-corrected chi connectivity index (χ0v) is 32.8. The van der Waals surface area contributed by atoms with Crippen LogP contribution in [-0.4, -0.2) is 70.1 Å². The first kappa shape index (κ1) is 39.4. The summed E-state index contributed by atoms with van der Waals surface area (Å²) in [4.78, 5) is 45.7. The molecule has 0 aliphatic carbocycles. The fourth-order valence-electron chi connectivity index (χ4n) is 8.26. The lowest BCUT2D eigenvalue weighted by Gasteiger charge is -2.36. The Morgan fingerprint density at radius 2 is 1.71 bits per heavy atom. The van der Waals surface area contributed by atoms with Crippen molar-refractivity contribution < 1.29 is 27.6 Å². The quantitative estimate of drug-likeness (QED) is 0.119. The Labute approximate surface area is 339 Å². The monoisotopic (exact) mass is 803 g/mol. The fraction of sp³-hybridized carbons (Fsp3) is 0.295. The van der Waals surface area contributed by atoms with Crippen LogP contribution >= 0.6 is 0 Å². The molecule has 1 atom stereocenters. The minimum atomic E-state index is -1.02. The Morgan fingerprint density at radius 1 is 0.949 bits per heavy atom. The molecule has 0 bridgehead atoms. The van der Waals surface area contributed by atoms with Crippen molar-refractivity contribution >= 4 is 46.4 Å². The van der Waals surface area contributed by atoms with E-state index in [-0.39, 0.29) is 35.2 Å². The van der Waals surface area contributed by atoms with E-state index < -0.39 is 41.1 Å². The number of nitrogens with one attached hydrogen (secondary N) is 3. The molecule has 0 spiro atoms. The van der Waals surface area contributed by atoms with Crippen LogP contribution in [0.4, 0.5) is 36.2 Å². The van der Waals surface area contributed by atoms with Gasteiger partial charge in [0.25, 0.3) is 5.91 Å². The molecule has 2 fully saturated rings. The summed E-state index contributed by atoms with van der Waals surface area (Å²) in [6.45, 7) is 11.7. The Balaban J connectivity index is 0.920. The number of benzene rings is 3. The number of hydrogen-bond acceptors (Lipinski definition) is 9. The van der Waals surface area contributed by atoms with Gasteiger partial charge in [-0.05, 0) is 98.3 Å². The molecule has 0 radical (unpaired) electrons. The standard InChI is InChI=1S/C44H44F3N9O3/c1-24-5-4-6-36(49-24)50-26(3)30-8-9-32(40(47)25(30)2)41-39(42(48)58)43-51-35-11-7-29(23-28(35)14-16-56(43)53-41)55-19-17-54(18-20-55)15-13-27-21-33(45)38(34(46)22-27)31-10-12-37(57)52-44(31)59/h4-9,11,21-23,31,51H,3,10,12-20H2,1-2H3,(H2,48,58)(H,49,50)(H,52,57,59)/t31-/m1/s1. The molecule has 0 saturated carbocycles. The van der Waals surface area contributed by atoms with Crippen molar-refractivity contribution in [1.29, 1.82) is 0 Å². The number of imide groups is 1. The summed E-state index contributed by atoms with van der Waals surface area (Å²) in [6.07, 6.45) is 1.15. The molecule has 3 aromatic carbocycles. The van der Waals surface area contributed by atoms with Gasteiger partial charge in [0.05, 0.1) is 5.92 Å². The molecule has 12 nitrogen and oxygen atoms in total. The number of piperazine rings is 1. The summed E-state index contributed by atoms with van der Waals surface area (Å²) in [7, 11) is 0. The molecule has 5 aromatic rings. The number of amides is 3. The SMILES string of the molecule is C=C(Nc1cccc(C)n1)c1ccc(-c2nn3c(c2C(N)=O)Nc2ccc(N4CCN(CCc5cc(F)c([C@H]6CCC(=O)NC6=O)c(F)c5)CC4)cc2CC3)c(F)c1C. The Kier molecular flexibility index (Phi) is 10.7. The number of halogens is 3. The summed E-state index contributed by atoms with van der Waals surface area (Å²) in [5, 5.41) is 13.4. The molecule has 304 valence electrons. The van der Waals surface area contributed by atoms with Gasteiger partial charge in [-0.2, -0.15) is 5.10 Å². The molecule has 8 rings (SSSR count). The normalized spacial score (nSPS) is 16.8. The molecule has 0 unspecified atom stereocenters. The molecular weight excluding hydrogens is 760 g/mol. The largest absolute Gasteiger partial charge is 0.369 e. The van der Waals surface area contributed by atoms with Crippen molar-refractivity contribution in [3.05, 3.63) is 124 Å². The number of pyridine rings is 1.